The van der Waals surface area contributed by atoms with Gasteiger partial charge in [-0.2, -0.15) is 0 Å². The molecular weight excluding hydrogens is 382 g/mol. The maximum atomic E-state index is 13.6. The first-order valence-electron chi connectivity index (χ1n) is 9.07. The zero-order valence-electron chi connectivity index (χ0n) is 15.8. The monoisotopic (exact) mass is 402 g/mol. The van der Waals surface area contributed by atoms with Gasteiger partial charge in [-0.1, -0.05) is 6.07 Å². The van der Waals surface area contributed by atoms with Crippen molar-refractivity contribution in [1.29, 1.82) is 0 Å². The van der Waals surface area contributed by atoms with E-state index in [1.807, 2.05) is 6.92 Å². The molecule has 6 nitrogen and oxygen atoms in total. The van der Waals surface area contributed by atoms with Gasteiger partial charge >= 0.3 is 0 Å². The minimum absolute atomic E-state index is 0.143. The average molecular weight is 402 g/mol. The second kappa shape index (κ2) is 9.29. The van der Waals surface area contributed by atoms with Gasteiger partial charge in [-0.15, -0.1) is 0 Å². The van der Waals surface area contributed by atoms with E-state index < -0.39 is 24.1 Å². The van der Waals surface area contributed by atoms with Crippen molar-refractivity contribution in [2.75, 3.05) is 25.1 Å². The number of anilines is 1. The molecule has 8 heteroatoms. The van der Waals surface area contributed by atoms with Gasteiger partial charge < -0.3 is 19.4 Å². The van der Waals surface area contributed by atoms with Crippen LogP contribution in [-0.4, -0.2) is 30.3 Å². The quantitative estimate of drug-likeness (QED) is 0.587. The summed E-state index contributed by atoms with van der Waals surface area (Å²) in [5.74, 6) is -1.88. The van der Waals surface area contributed by atoms with Crippen molar-refractivity contribution in [3.63, 3.8) is 0 Å². The molecule has 0 unspecified atom stereocenters. The first-order chi connectivity index (χ1) is 14.0. The van der Waals surface area contributed by atoms with Gasteiger partial charge in [0.1, 0.15) is 17.4 Å². The lowest BCUT2D eigenvalue weighted by Crippen LogP contribution is -2.23. The highest BCUT2D eigenvalue weighted by molar-refractivity contribution is 5.93. The fourth-order valence-corrected chi connectivity index (χ4v) is 2.82. The van der Waals surface area contributed by atoms with Crippen molar-refractivity contribution >= 4 is 22.4 Å². The Balaban J connectivity index is 1.72. The van der Waals surface area contributed by atoms with Crippen LogP contribution in [0, 0.1) is 11.6 Å². The van der Waals surface area contributed by atoms with Gasteiger partial charge in [-0.05, 0) is 37.3 Å². The minimum Gasteiger partial charge on any atom is -0.483 e. The average Bonchev–Trinajstić information content (AvgIpc) is 2.70. The first kappa shape index (κ1) is 20.5. The number of halogens is 2. The summed E-state index contributed by atoms with van der Waals surface area (Å²) in [7, 11) is 0. The van der Waals surface area contributed by atoms with E-state index >= 15 is 0 Å². The molecule has 1 N–H and O–H groups in total. The summed E-state index contributed by atoms with van der Waals surface area (Å²) >= 11 is 0. The molecule has 1 heterocycles. The molecule has 3 aromatic rings. The molecule has 3 rings (SSSR count). The molecule has 0 bridgehead atoms. The molecule has 0 radical (unpaired) electrons. The number of fused-ring (bicyclic) bond motifs is 1. The Labute approximate surface area is 165 Å². The number of nitrogens with zero attached hydrogens (tertiary/aromatic N) is 1. The maximum absolute atomic E-state index is 13.6. The normalized spacial score (nSPS) is 10.9. The summed E-state index contributed by atoms with van der Waals surface area (Å²) in [4.78, 5) is 24.7. The maximum Gasteiger partial charge on any atom is 0.262 e. The predicted molar refractivity (Wildman–Crippen MR) is 105 cm³/mol. The van der Waals surface area contributed by atoms with Crippen LogP contribution in [0.1, 0.15) is 6.92 Å². The van der Waals surface area contributed by atoms with E-state index in [-0.39, 0.29) is 11.2 Å². The van der Waals surface area contributed by atoms with E-state index in [0.29, 0.717) is 42.3 Å². The SMILES string of the molecule is CCOCCn1ccc2c(OCC(=O)Nc3ccc(F)cc3F)cccc2c1=O. The van der Waals surface area contributed by atoms with Gasteiger partial charge in [0.05, 0.1) is 17.7 Å². The highest BCUT2D eigenvalue weighted by Gasteiger charge is 2.11. The Morgan fingerprint density at radius 2 is 1.97 bits per heavy atom. The molecule has 0 spiro atoms. The topological polar surface area (TPSA) is 69.6 Å². The van der Waals surface area contributed by atoms with Crippen LogP contribution in [0.3, 0.4) is 0 Å². The third-order valence-electron chi connectivity index (χ3n) is 4.22. The summed E-state index contributed by atoms with van der Waals surface area (Å²) in [6.45, 7) is 2.92. The number of pyridine rings is 1. The molecule has 2 aromatic carbocycles. The molecule has 0 aliphatic carbocycles. The zero-order chi connectivity index (χ0) is 20.8. The molecule has 0 saturated carbocycles. The third kappa shape index (κ3) is 4.97. The van der Waals surface area contributed by atoms with Gasteiger partial charge in [0.15, 0.2) is 6.61 Å². The number of nitrogens with one attached hydrogen (secondary N) is 1. The summed E-state index contributed by atoms with van der Waals surface area (Å²) in [5.41, 5.74) is -0.333. The third-order valence-corrected chi connectivity index (χ3v) is 4.22. The van der Waals surface area contributed by atoms with Gasteiger partial charge in [-0.3, -0.25) is 9.59 Å². The molecule has 0 fully saturated rings. The fraction of sp³-hybridized carbons (Fsp3) is 0.238. The number of benzene rings is 2. The van der Waals surface area contributed by atoms with E-state index in [4.69, 9.17) is 9.47 Å². The standard InChI is InChI=1S/C21H20F2N2O4/c1-2-28-11-10-25-9-8-15-16(21(25)27)4-3-5-19(15)29-13-20(26)24-18-7-6-14(22)12-17(18)23/h3-9,12H,2,10-11,13H2,1H3,(H,24,26). The Bertz CT molecular complexity index is 1080. The van der Waals surface area contributed by atoms with E-state index in [0.717, 1.165) is 12.1 Å². The Hall–Kier alpha value is -3.26. The fourth-order valence-electron chi connectivity index (χ4n) is 2.82. The van der Waals surface area contributed by atoms with Crippen molar-refractivity contribution in [3.05, 3.63) is 70.6 Å². The lowest BCUT2D eigenvalue weighted by Gasteiger charge is -2.12. The Kier molecular flexibility index (Phi) is 6.56. The van der Waals surface area contributed by atoms with Gasteiger partial charge in [0.2, 0.25) is 0 Å². The second-order valence-electron chi connectivity index (χ2n) is 6.19. The lowest BCUT2D eigenvalue weighted by atomic mass is 10.1. The molecular formula is C21H20F2N2O4. The highest BCUT2D eigenvalue weighted by atomic mass is 19.1. The first-order valence-corrected chi connectivity index (χ1v) is 9.07. The van der Waals surface area contributed by atoms with Crippen molar-refractivity contribution in [2.24, 2.45) is 0 Å². The predicted octanol–water partition coefficient (Wildman–Crippen LogP) is 3.33. The molecule has 0 aliphatic heterocycles. The summed E-state index contributed by atoms with van der Waals surface area (Å²) in [6.07, 6.45) is 1.64. The van der Waals surface area contributed by atoms with E-state index in [9.17, 15) is 18.4 Å². The molecule has 0 aliphatic rings. The Morgan fingerprint density at radius 1 is 1.14 bits per heavy atom. The van der Waals surface area contributed by atoms with Gasteiger partial charge in [0.25, 0.3) is 11.5 Å². The van der Waals surface area contributed by atoms with Crippen molar-refractivity contribution < 1.29 is 23.0 Å². The van der Waals surface area contributed by atoms with Crippen LogP contribution in [0.25, 0.3) is 10.8 Å². The molecule has 0 atom stereocenters. The Morgan fingerprint density at radius 3 is 2.72 bits per heavy atom. The smallest absolute Gasteiger partial charge is 0.262 e. The number of aromatic nitrogens is 1. The minimum atomic E-state index is -0.879. The number of amides is 1. The number of carbonyl (C=O) groups is 1. The van der Waals surface area contributed by atoms with Crippen LogP contribution in [0.15, 0.2) is 53.5 Å². The summed E-state index contributed by atoms with van der Waals surface area (Å²) < 4.78 is 38.9. The van der Waals surface area contributed by atoms with Crippen LogP contribution in [0.2, 0.25) is 0 Å². The van der Waals surface area contributed by atoms with Crippen molar-refractivity contribution in [3.8, 4) is 5.75 Å². The van der Waals surface area contributed by atoms with Crippen LogP contribution in [-0.2, 0) is 16.1 Å². The largest absolute Gasteiger partial charge is 0.483 e. The number of hydrogen-bond acceptors (Lipinski definition) is 4. The van der Waals surface area contributed by atoms with Gasteiger partial charge in [0, 0.05) is 30.8 Å². The zero-order valence-corrected chi connectivity index (χ0v) is 15.8. The summed E-state index contributed by atoms with van der Waals surface area (Å²) in [5, 5.41) is 3.33. The highest BCUT2D eigenvalue weighted by Crippen LogP contribution is 2.23. The molecule has 1 aromatic heterocycles. The lowest BCUT2D eigenvalue weighted by molar-refractivity contribution is -0.118. The van der Waals surface area contributed by atoms with Crippen LogP contribution >= 0.6 is 0 Å². The number of hydrogen-bond donors (Lipinski definition) is 1. The van der Waals surface area contributed by atoms with Crippen LogP contribution in [0.5, 0.6) is 5.75 Å². The van der Waals surface area contributed by atoms with Gasteiger partial charge in [-0.25, -0.2) is 8.78 Å². The molecule has 152 valence electrons. The van der Waals surface area contributed by atoms with Crippen molar-refractivity contribution in [2.45, 2.75) is 13.5 Å². The number of carbonyl (C=O) groups excluding carboxylic acids is 1. The van der Waals surface area contributed by atoms with E-state index in [2.05, 4.69) is 5.32 Å². The molecule has 1 amide bonds. The van der Waals surface area contributed by atoms with Crippen LogP contribution < -0.4 is 15.6 Å². The number of ether oxygens (including phenoxy) is 2. The van der Waals surface area contributed by atoms with E-state index in [1.165, 1.54) is 0 Å². The molecule has 29 heavy (non-hydrogen) atoms. The molecule has 0 saturated heterocycles. The second-order valence-corrected chi connectivity index (χ2v) is 6.19. The van der Waals surface area contributed by atoms with Crippen LogP contribution in [0.4, 0.5) is 14.5 Å². The number of rotatable bonds is 8. The van der Waals surface area contributed by atoms with E-state index in [1.54, 1.807) is 35.0 Å². The van der Waals surface area contributed by atoms with Crippen molar-refractivity contribution in [1.82, 2.24) is 4.57 Å². The summed E-state index contributed by atoms with van der Waals surface area (Å²) in [6, 6.07) is 9.55.